The van der Waals surface area contributed by atoms with Gasteiger partial charge in [-0.3, -0.25) is 14.9 Å². The summed E-state index contributed by atoms with van der Waals surface area (Å²) in [6.07, 6.45) is 1.30. The molecule has 0 saturated carbocycles. The molecule has 0 aliphatic carbocycles. The van der Waals surface area contributed by atoms with Crippen molar-refractivity contribution in [1.82, 2.24) is 0 Å². The number of hydrogen-bond donors (Lipinski definition) is 1. The number of furan rings is 1. The summed E-state index contributed by atoms with van der Waals surface area (Å²) < 4.78 is 17.7. The average Bonchev–Trinajstić information content (AvgIpc) is 2.84. The zero-order valence-corrected chi connectivity index (χ0v) is 8.92. The molecule has 0 atom stereocenters. The van der Waals surface area contributed by atoms with Crippen molar-refractivity contribution in [1.29, 1.82) is 0 Å². The summed E-state index contributed by atoms with van der Waals surface area (Å²) in [5.74, 6) is -1.39. The molecule has 2 aromatic rings. The summed E-state index contributed by atoms with van der Waals surface area (Å²) in [5, 5.41) is 13.0. The van der Waals surface area contributed by atoms with Crippen LogP contribution in [0.1, 0.15) is 10.6 Å². The van der Waals surface area contributed by atoms with E-state index in [1.54, 1.807) is 0 Å². The summed E-state index contributed by atoms with van der Waals surface area (Å²) >= 11 is 0. The van der Waals surface area contributed by atoms with Crippen molar-refractivity contribution in [3.63, 3.8) is 0 Å². The maximum atomic E-state index is 12.9. The van der Waals surface area contributed by atoms with Gasteiger partial charge in [0.05, 0.1) is 17.3 Å². The predicted octanol–water partition coefficient (Wildman–Crippen LogP) is 2.58. The van der Waals surface area contributed by atoms with Crippen LogP contribution in [0.15, 0.2) is 41.0 Å². The van der Waals surface area contributed by atoms with Gasteiger partial charge in [0.15, 0.2) is 5.76 Å². The van der Waals surface area contributed by atoms with Crippen molar-refractivity contribution in [2.75, 3.05) is 5.32 Å². The van der Waals surface area contributed by atoms with Crippen LogP contribution in [0.25, 0.3) is 0 Å². The van der Waals surface area contributed by atoms with Crippen LogP contribution in [0.2, 0.25) is 0 Å². The first kappa shape index (κ1) is 11.8. The summed E-state index contributed by atoms with van der Waals surface area (Å²) in [7, 11) is 0. The number of benzene rings is 1. The Morgan fingerprint density at radius 2 is 2.17 bits per heavy atom. The number of carbonyl (C=O) groups is 1. The number of anilines is 1. The second kappa shape index (κ2) is 4.66. The van der Waals surface area contributed by atoms with E-state index in [0.29, 0.717) is 0 Å². The zero-order valence-electron chi connectivity index (χ0n) is 8.92. The van der Waals surface area contributed by atoms with Crippen LogP contribution in [0.3, 0.4) is 0 Å². The molecule has 0 radical (unpaired) electrons. The van der Waals surface area contributed by atoms with Gasteiger partial charge in [-0.1, -0.05) is 0 Å². The van der Waals surface area contributed by atoms with E-state index in [9.17, 15) is 19.3 Å². The third kappa shape index (κ3) is 2.34. The minimum atomic E-state index is -0.777. The summed E-state index contributed by atoms with van der Waals surface area (Å²) in [4.78, 5) is 21.5. The molecule has 7 heteroatoms. The molecule has 2 rings (SSSR count). The maximum absolute atomic E-state index is 12.9. The second-order valence-corrected chi connectivity index (χ2v) is 3.35. The smallest absolute Gasteiger partial charge is 0.295 e. The second-order valence-electron chi connectivity index (χ2n) is 3.35. The monoisotopic (exact) mass is 250 g/mol. The Balaban J connectivity index is 2.29. The lowest BCUT2D eigenvalue weighted by Crippen LogP contribution is -2.12. The molecular formula is C11H7FN2O4. The number of nitrogens with zero attached hydrogens (tertiary/aromatic N) is 1. The summed E-state index contributed by atoms with van der Waals surface area (Å²) in [5.41, 5.74) is -0.613. The van der Waals surface area contributed by atoms with Crippen LogP contribution in [0.5, 0.6) is 0 Å². The first-order chi connectivity index (χ1) is 8.58. The Kier molecular flexibility index (Phi) is 3.05. The minimum absolute atomic E-state index is 0.00798. The lowest BCUT2D eigenvalue weighted by atomic mass is 10.2. The van der Waals surface area contributed by atoms with E-state index in [4.69, 9.17) is 4.42 Å². The molecule has 1 heterocycles. The van der Waals surface area contributed by atoms with E-state index in [1.807, 2.05) is 0 Å². The molecule has 1 amide bonds. The Hall–Kier alpha value is -2.70. The number of halogens is 1. The SMILES string of the molecule is O=C(Nc1ccc(F)cc1[N+](=O)[O-])c1ccco1. The number of amides is 1. The van der Waals surface area contributed by atoms with Crippen molar-refractivity contribution in [2.24, 2.45) is 0 Å². The molecule has 0 fully saturated rings. The Labute approximate surface area is 100 Å². The fourth-order valence-corrected chi connectivity index (χ4v) is 1.35. The van der Waals surface area contributed by atoms with Gasteiger partial charge < -0.3 is 9.73 Å². The topological polar surface area (TPSA) is 85.4 Å². The van der Waals surface area contributed by atoms with Crippen LogP contribution in [0, 0.1) is 15.9 Å². The van der Waals surface area contributed by atoms with Gasteiger partial charge in [0, 0.05) is 0 Å². The number of nitro groups is 1. The highest BCUT2D eigenvalue weighted by atomic mass is 19.1. The van der Waals surface area contributed by atoms with Crippen molar-refractivity contribution in [2.45, 2.75) is 0 Å². The first-order valence-electron chi connectivity index (χ1n) is 4.87. The number of hydrogen-bond acceptors (Lipinski definition) is 4. The molecular weight excluding hydrogens is 243 g/mol. The fourth-order valence-electron chi connectivity index (χ4n) is 1.35. The number of rotatable bonds is 3. The molecule has 1 aromatic carbocycles. The number of nitrogens with one attached hydrogen (secondary N) is 1. The fraction of sp³-hybridized carbons (Fsp3) is 0. The van der Waals surface area contributed by atoms with Crippen molar-refractivity contribution in [3.05, 3.63) is 58.3 Å². The molecule has 0 saturated heterocycles. The summed E-state index contributed by atoms with van der Waals surface area (Å²) in [6.45, 7) is 0. The standard InChI is InChI=1S/C11H7FN2O4/c12-7-3-4-8(9(6-7)14(16)17)13-11(15)10-2-1-5-18-10/h1-6H,(H,13,15). The lowest BCUT2D eigenvalue weighted by Gasteiger charge is -2.04. The van der Waals surface area contributed by atoms with Crippen molar-refractivity contribution in [3.8, 4) is 0 Å². The van der Waals surface area contributed by atoms with Gasteiger partial charge in [-0.2, -0.15) is 0 Å². The molecule has 1 aromatic heterocycles. The highest BCUT2D eigenvalue weighted by Gasteiger charge is 2.18. The molecule has 0 bridgehead atoms. The molecule has 0 spiro atoms. The lowest BCUT2D eigenvalue weighted by molar-refractivity contribution is -0.384. The zero-order chi connectivity index (χ0) is 13.1. The molecule has 1 N–H and O–H groups in total. The molecule has 18 heavy (non-hydrogen) atoms. The highest BCUT2D eigenvalue weighted by molar-refractivity contribution is 6.03. The van der Waals surface area contributed by atoms with Gasteiger partial charge in [0.25, 0.3) is 11.6 Å². The Morgan fingerprint density at radius 1 is 1.39 bits per heavy atom. The molecule has 0 unspecified atom stereocenters. The van der Waals surface area contributed by atoms with Gasteiger partial charge in [-0.25, -0.2) is 4.39 Å². The Morgan fingerprint density at radius 3 is 2.78 bits per heavy atom. The van der Waals surface area contributed by atoms with Gasteiger partial charge >= 0.3 is 0 Å². The van der Waals surface area contributed by atoms with Gasteiger partial charge in [0.2, 0.25) is 0 Å². The highest BCUT2D eigenvalue weighted by Crippen LogP contribution is 2.25. The van der Waals surface area contributed by atoms with Crippen LogP contribution in [-0.4, -0.2) is 10.8 Å². The van der Waals surface area contributed by atoms with E-state index in [-0.39, 0.29) is 11.4 Å². The Bertz CT molecular complexity index is 595. The molecule has 0 aliphatic rings. The van der Waals surface area contributed by atoms with Gasteiger partial charge in [-0.05, 0) is 24.3 Å². The minimum Gasteiger partial charge on any atom is -0.459 e. The number of nitro benzene ring substituents is 1. The largest absolute Gasteiger partial charge is 0.459 e. The van der Waals surface area contributed by atoms with Crippen molar-refractivity contribution >= 4 is 17.3 Å². The molecule has 92 valence electrons. The summed E-state index contributed by atoms with van der Waals surface area (Å²) in [6, 6.07) is 5.79. The van der Waals surface area contributed by atoms with E-state index < -0.39 is 22.3 Å². The number of carbonyl (C=O) groups excluding carboxylic acids is 1. The normalized spacial score (nSPS) is 10.1. The van der Waals surface area contributed by atoms with Gasteiger partial charge in [0.1, 0.15) is 11.5 Å². The molecule has 0 aliphatic heterocycles. The third-order valence-corrected chi connectivity index (χ3v) is 2.15. The quantitative estimate of drug-likeness (QED) is 0.670. The first-order valence-corrected chi connectivity index (χ1v) is 4.87. The maximum Gasteiger partial charge on any atom is 0.295 e. The van der Waals surface area contributed by atoms with Crippen LogP contribution >= 0.6 is 0 Å². The van der Waals surface area contributed by atoms with E-state index >= 15 is 0 Å². The van der Waals surface area contributed by atoms with E-state index in [2.05, 4.69) is 5.32 Å². The molecule has 6 nitrogen and oxygen atoms in total. The average molecular weight is 250 g/mol. The van der Waals surface area contributed by atoms with Crippen molar-refractivity contribution < 1.29 is 18.5 Å². The van der Waals surface area contributed by atoms with E-state index in [0.717, 1.165) is 18.2 Å². The predicted molar refractivity (Wildman–Crippen MR) is 59.7 cm³/mol. The van der Waals surface area contributed by atoms with Crippen LogP contribution < -0.4 is 5.32 Å². The van der Waals surface area contributed by atoms with E-state index in [1.165, 1.54) is 18.4 Å². The van der Waals surface area contributed by atoms with Crippen LogP contribution in [0.4, 0.5) is 15.8 Å². The third-order valence-electron chi connectivity index (χ3n) is 2.15. The van der Waals surface area contributed by atoms with Gasteiger partial charge in [-0.15, -0.1) is 0 Å². The van der Waals surface area contributed by atoms with Crippen LogP contribution in [-0.2, 0) is 0 Å².